The Kier molecular flexibility index (Phi) is 6.51. The fraction of sp³-hybridized carbons (Fsp3) is 1.00. The topological polar surface area (TPSA) is 61.3 Å². The summed E-state index contributed by atoms with van der Waals surface area (Å²) in [5.41, 5.74) is 5.36. The lowest BCUT2D eigenvalue weighted by molar-refractivity contribution is 0.155. The van der Waals surface area contributed by atoms with Crippen LogP contribution in [-0.2, 0) is 4.84 Å². The number of hydrogen-bond donors (Lipinski definition) is 2. The lowest BCUT2D eigenvalue weighted by atomic mass is 10.5. The first kappa shape index (κ1) is 9.23. The highest BCUT2D eigenvalue weighted by Crippen LogP contribution is 2.06. The highest BCUT2D eigenvalue weighted by atomic mass is 32.2. The molecule has 0 aromatic rings. The van der Waals surface area contributed by atoms with Crippen LogP contribution in [0.2, 0.25) is 0 Å². The Bertz CT molecular complexity index is 62.9. The van der Waals surface area contributed by atoms with Gasteiger partial charge in [-0.05, 0) is 0 Å². The Balaban J connectivity index is 2.88. The van der Waals surface area contributed by atoms with Gasteiger partial charge < -0.3 is 10.6 Å². The Morgan fingerprint density at radius 2 is 2.33 bits per heavy atom. The highest BCUT2D eigenvalue weighted by Gasteiger charge is 1.96. The molecule has 0 heterocycles. The van der Waals surface area contributed by atoms with Gasteiger partial charge in [-0.3, -0.25) is 0 Å². The minimum Gasteiger partial charge on any atom is -0.329 e. The van der Waals surface area contributed by atoms with Crippen molar-refractivity contribution < 1.29 is 4.84 Å². The van der Waals surface area contributed by atoms with Crippen molar-refractivity contribution in [2.75, 3.05) is 18.9 Å². The summed E-state index contributed by atoms with van der Waals surface area (Å²) in [6, 6.07) is 0. The van der Waals surface area contributed by atoms with Gasteiger partial charge in [-0.2, -0.15) is 11.8 Å². The van der Waals surface area contributed by atoms with E-state index in [1.165, 1.54) is 0 Å². The van der Waals surface area contributed by atoms with Crippen LogP contribution in [0.25, 0.3) is 0 Å². The van der Waals surface area contributed by atoms with Crippen LogP contribution in [-0.4, -0.2) is 24.2 Å². The van der Waals surface area contributed by atoms with E-state index in [1.54, 1.807) is 11.8 Å². The average molecular weight is 150 g/mol. The Labute approximate surface area is 60.1 Å². The summed E-state index contributed by atoms with van der Waals surface area (Å²) in [6.45, 7) is 3.41. The van der Waals surface area contributed by atoms with Crippen LogP contribution in [0.3, 0.4) is 0 Å². The third-order valence-corrected chi connectivity index (χ3v) is 2.10. The molecule has 4 heteroatoms. The predicted octanol–water partition coefficient (Wildman–Crippen LogP) is -0.0429. The molecule has 0 aromatic carbocycles. The molecule has 0 aromatic heterocycles. The van der Waals surface area contributed by atoms with E-state index in [0.717, 1.165) is 12.3 Å². The Hall–Kier alpha value is 0.230. The average Bonchev–Trinajstić information content (AvgIpc) is 1.89. The first-order chi connectivity index (χ1) is 4.31. The molecule has 1 atom stereocenters. The predicted molar refractivity (Wildman–Crippen MR) is 41.1 cm³/mol. The Morgan fingerprint density at radius 3 is 2.78 bits per heavy atom. The minimum atomic E-state index is 0.514. The van der Waals surface area contributed by atoms with Crippen LogP contribution < -0.4 is 11.6 Å². The molecule has 9 heavy (non-hydrogen) atoms. The maximum absolute atomic E-state index is 5.36. The lowest BCUT2D eigenvalue weighted by Gasteiger charge is -2.05. The molecule has 4 N–H and O–H groups in total. The van der Waals surface area contributed by atoms with Crippen LogP contribution in [0.15, 0.2) is 0 Å². The van der Waals surface area contributed by atoms with E-state index in [1.807, 2.05) is 0 Å². The van der Waals surface area contributed by atoms with Gasteiger partial charge >= 0.3 is 0 Å². The molecule has 0 fully saturated rings. The molecule has 0 rings (SSSR count). The maximum Gasteiger partial charge on any atom is 0.0769 e. The van der Waals surface area contributed by atoms with Crippen LogP contribution in [0, 0.1) is 0 Å². The van der Waals surface area contributed by atoms with Gasteiger partial charge in [0.25, 0.3) is 0 Å². The van der Waals surface area contributed by atoms with Gasteiger partial charge in [0.15, 0.2) is 0 Å². The van der Waals surface area contributed by atoms with E-state index >= 15 is 0 Å². The molecular formula is C5H14N2OS. The van der Waals surface area contributed by atoms with Gasteiger partial charge in [-0.1, -0.05) is 6.92 Å². The molecule has 0 radical (unpaired) electrons. The van der Waals surface area contributed by atoms with Crippen molar-refractivity contribution in [2.24, 2.45) is 11.6 Å². The van der Waals surface area contributed by atoms with Crippen molar-refractivity contribution in [2.45, 2.75) is 12.2 Å². The third-order valence-electron chi connectivity index (χ3n) is 0.935. The summed E-state index contributed by atoms with van der Waals surface area (Å²) >= 11 is 1.77. The summed E-state index contributed by atoms with van der Waals surface area (Å²) in [5.74, 6) is 5.74. The normalized spacial score (nSPS) is 13.7. The van der Waals surface area contributed by atoms with Crippen LogP contribution >= 0.6 is 11.8 Å². The summed E-state index contributed by atoms with van der Waals surface area (Å²) < 4.78 is 0. The quantitative estimate of drug-likeness (QED) is 0.426. The largest absolute Gasteiger partial charge is 0.329 e. The maximum atomic E-state index is 5.36. The van der Waals surface area contributed by atoms with E-state index in [4.69, 9.17) is 11.6 Å². The van der Waals surface area contributed by atoms with E-state index in [9.17, 15) is 0 Å². The summed E-state index contributed by atoms with van der Waals surface area (Å²) in [7, 11) is 0. The van der Waals surface area contributed by atoms with Crippen LogP contribution in [0.4, 0.5) is 0 Å². The summed E-state index contributed by atoms with van der Waals surface area (Å²) in [5, 5.41) is 0.514. The SMILES string of the molecule is CC(CN)SCCON. The van der Waals surface area contributed by atoms with Crippen LogP contribution in [0.5, 0.6) is 0 Å². The smallest absolute Gasteiger partial charge is 0.0769 e. The van der Waals surface area contributed by atoms with Crippen molar-refractivity contribution >= 4 is 11.8 Å². The molecule has 0 aliphatic carbocycles. The lowest BCUT2D eigenvalue weighted by Crippen LogP contribution is -2.14. The molecule has 0 amide bonds. The third kappa shape index (κ3) is 6.11. The van der Waals surface area contributed by atoms with Gasteiger partial charge in [0.1, 0.15) is 0 Å². The number of rotatable bonds is 5. The molecule has 0 aliphatic rings. The number of hydrogen-bond acceptors (Lipinski definition) is 4. The molecule has 0 saturated heterocycles. The van der Waals surface area contributed by atoms with E-state index in [-0.39, 0.29) is 0 Å². The fourth-order valence-corrected chi connectivity index (χ4v) is 1.10. The number of nitrogens with two attached hydrogens (primary N) is 2. The van der Waals surface area contributed by atoms with Crippen molar-refractivity contribution in [3.8, 4) is 0 Å². The first-order valence-corrected chi connectivity index (χ1v) is 3.99. The van der Waals surface area contributed by atoms with Crippen molar-refractivity contribution in [3.05, 3.63) is 0 Å². The summed E-state index contributed by atoms with van der Waals surface area (Å²) in [6.07, 6.45) is 0. The highest BCUT2D eigenvalue weighted by molar-refractivity contribution is 7.99. The van der Waals surface area contributed by atoms with E-state index in [2.05, 4.69) is 11.8 Å². The second-order valence-corrected chi connectivity index (χ2v) is 3.33. The molecule has 0 aliphatic heterocycles. The zero-order chi connectivity index (χ0) is 7.11. The van der Waals surface area contributed by atoms with Crippen molar-refractivity contribution in [3.63, 3.8) is 0 Å². The standard InChI is InChI=1S/C5H14N2OS/c1-5(4-6)9-3-2-8-7/h5H,2-4,6-7H2,1H3. The first-order valence-electron chi connectivity index (χ1n) is 2.94. The van der Waals surface area contributed by atoms with Gasteiger partial charge in [0.2, 0.25) is 0 Å². The fourth-order valence-electron chi connectivity index (χ4n) is 0.365. The van der Waals surface area contributed by atoms with Crippen molar-refractivity contribution in [1.29, 1.82) is 0 Å². The number of thioether (sulfide) groups is 1. The molecule has 0 spiro atoms. The van der Waals surface area contributed by atoms with Gasteiger partial charge in [-0.15, -0.1) is 0 Å². The van der Waals surface area contributed by atoms with E-state index in [0.29, 0.717) is 11.9 Å². The van der Waals surface area contributed by atoms with Gasteiger partial charge in [0.05, 0.1) is 6.61 Å². The van der Waals surface area contributed by atoms with E-state index < -0.39 is 0 Å². The van der Waals surface area contributed by atoms with Crippen LogP contribution in [0.1, 0.15) is 6.92 Å². The summed E-state index contributed by atoms with van der Waals surface area (Å²) in [4.78, 5) is 4.38. The molecule has 0 bridgehead atoms. The zero-order valence-electron chi connectivity index (χ0n) is 5.67. The molecular weight excluding hydrogens is 136 g/mol. The molecule has 0 saturated carbocycles. The zero-order valence-corrected chi connectivity index (χ0v) is 6.49. The van der Waals surface area contributed by atoms with Gasteiger partial charge in [-0.25, -0.2) is 5.90 Å². The monoisotopic (exact) mass is 150 g/mol. The molecule has 1 unspecified atom stereocenters. The second kappa shape index (κ2) is 6.35. The minimum absolute atomic E-state index is 0.514. The molecule has 3 nitrogen and oxygen atoms in total. The Morgan fingerprint density at radius 1 is 1.67 bits per heavy atom. The second-order valence-electron chi connectivity index (χ2n) is 1.79. The molecule has 56 valence electrons. The van der Waals surface area contributed by atoms with Crippen molar-refractivity contribution in [1.82, 2.24) is 0 Å². The van der Waals surface area contributed by atoms with Gasteiger partial charge in [0, 0.05) is 17.5 Å².